The van der Waals surface area contributed by atoms with Gasteiger partial charge in [-0.3, -0.25) is 14.5 Å². The van der Waals surface area contributed by atoms with Crippen molar-refractivity contribution in [1.29, 1.82) is 0 Å². The average molecular weight is 375 g/mol. The Kier molecular flexibility index (Phi) is 3.75. The van der Waals surface area contributed by atoms with Crippen molar-refractivity contribution in [2.75, 3.05) is 11.9 Å². The molecule has 142 valence electrons. The summed E-state index contributed by atoms with van der Waals surface area (Å²) in [5.74, 6) is -0.636. The summed E-state index contributed by atoms with van der Waals surface area (Å²) in [5, 5.41) is 5.63. The number of benzene rings is 2. The molecule has 28 heavy (non-hydrogen) atoms. The van der Waals surface area contributed by atoms with E-state index in [1.807, 2.05) is 30.3 Å². The lowest BCUT2D eigenvalue weighted by Gasteiger charge is -2.19. The Morgan fingerprint density at radius 2 is 1.79 bits per heavy atom. The van der Waals surface area contributed by atoms with Crippen LogP contribution in [0.3, 0.4) is 0 Å². The van der Waals surface area contributed by atoms with Crippen LogP contribution in [-0.2, 0) is 16.0 Å². The molecule has 0 unspecified atom stereocenters. The van der Waals surface area contributed by atoms with E-state index in [0.717, 1.165) is 24.2 Å². The van der Waals surface area contributed by atoms with Gasteiger partial charge in [-0.1, -0.05) is 43.2 Å². The van der Waals surface area contributed by atoms with Gasteiger partial charge in [0.2, 0.25) is 5.91 Å². The Bertz CT molecular complexity index is 1010. The predicted octanol–water partition coefficient (Wildman–Crippen LogP) is 3.06. The van der Waals surface area contributed by atoms with E-state index in [9.17, 15) is 14.4 Å². The van der Waals surface area contributed by atoms with Crippen LogP contribution in [0, 0.1) is 0 Å². The van der Waals surface area contributed by atoms with Crippen molar-refractivity contribution in [1.82, 2.24) is 10.2 Å². The number of urea groups is 1. The summed E-state index contributed by atoms with van der Waals surface area (Å²) >= 11 is 0. The van der Waals surface area contributed by atoms with Gasteiger partial charge in [-0.2, -0.15) is 0 Å². The fourth-order valence-corrected chi connectivity index (χ4v) is 4.70. The maximum Gasteiger partial charge on any atom is 0.325 e. The van der Waals surface area contributed by atoms with E-state index in [1.54, 1.807) is 0 Å². The van der Waals surface area contributed by atoms with Gasteiger partial charge in [0.05, 0.1) is 0 Å². The Morgan fingerprint density at radius 1 is 1.04 bits per heavy atom. The van der Waals surface area contributed by atoms with Crippen LogP contribution in [0.1, 0.15) is 36.8 Å². The first-order valence-corrected chi connectivity index (χ1v) is 9.71. The van der Waals surface area contributed by atoms with Gasteiger partial charge in [0.25, 0.3) is 5.91 Å². The van der Waals surface area contributed by atoms with Crippen molar-refractivity contribution in [3.8, 4) is 11.1 Å². The van der Waals surface area contributed by atoms with Crippen LogP contribution in [0.15, 0.2) is 42.5 Å². The highest BCUT2D eigenvalue weighted by Crippen LogP contribution is 2.38. The van der Waals surface area contributed by atoms with Crippen LogP contribution in [0.25, 0.3) is 11.1 Å². The van der Waals surface area contributed by atoms with Gasteiger partial charge in [0.15, 0.2) is 0 Å². The Hall–Kier alpha value is -3.15. The minimum absolute atomic E-state index is 0.260. The largest absolute Gasteiger partial charge is 0.325 e. The molecule has 2 aromatic rings. The molecule has 5 rings (SSSR count). The number of anilines is 1. The van der Waals surface area contributed by atoms with E-state index in [0.29, 0.717) is 18.5 Å². The zero-order valence-electron chi connectivity index (χ0n) is 15.5. The third-order valence-electron chi connectivity index (χ3n) is 6.08. The summed E-state index contributed by atoms with van der Waals surface area (Å²) in [6.45, 7) is -0.260. The monoisotopic (exact) mass is 375 g/mol. The van der Waals surface area contributed by atoms with E-state index in [-0.39, 0.29) is 18.4 Å². The van der Waals surface area contributed by atoms with Gasteiger partial charge in [-0.25, -0.2) is 4.79 Å². The third-order valence-corrected chi connectivity index (χ3v) is 6.08. The Morgan fingerprint density at radius 3 is 2.61 bits per heavy atom. The Labute approximate surface area is 162 Å². The van der Waals surface area contributed by atoms with Gasteiger partial charge < -0.3 is 10.6 Å². The van der Waals surface area contributed by atoms with Crippen LogP contribution < -0.4 is 10.6 Å². The third kappa shape index (κ3) is 2.59. The number of carbonyl (C=O) groups excluding carboxylic acids is 3. The highest BCUT2D eigenvalue weighted by atomic mass is 16.2. The van der Waals surface area contributed by atoms with Crippen molar-refractivity contribution in [2.24, 2.45) is 0 Å². The van der Waals surface area contributed by atoms with Gasteiger partial charge in [-0.05, 0) is 53.6 Å². The van der Waals surface area contributed by atoms with Crippen LogP contribution in [-0.4, -0.2) is 34.8 Å². The standard InChI is InChI=1S/C22H21N3O3/c26-19(13-25-20(27)22(24-21(25)28)9-3-4-10-22)23-16-7-8-18-15(12-16)11-14-5-1-2-6-17(14)18/h1-2,5-8,12H,3-4,9-11,13H2,(H,23,26)(H,24,28). The summed E-state index contributed by atoms with van der Waals surface area (Å²) in [6.07, 6.45) is 3.99. The number of imide groups is 1. The van der Waals surface area contributed by atoms with Gasteiger partial charge in [-0.15, -0.1) is 0 Å². The molecule has 1 spiro atoms. The van der Waals surface area contributed by atoms with Crippen molar-refractivity contribution in [2.45, 2.75) is 37.6 Å². The first-order valence-electron chi connectivity index (χ1n) is 9.71. The van der Waals surface area contributed by atoms with Crippen molar-refractivity contribution in [3.63, 3.8) is 0 Å². The zero-order valence-corrected chi connectivity index (χ0v) is 15.5. The molecule has 0 bridgehead atoms. The molecule has 2 aliphatic carbocycles. The maximum absolute atomic E-state index is 12.7. The molecule has 2 N–H and O–H groups in total. The smallest absolute Gasteiger partial charge is 0.325 e. The minimum atomic E-state index is -0.781. The molecule has 1 heterocycles. The van der Waals surface area contributed by atoms with E-state index in [4.69, 9.17) is 0 Å². The molecule has 2 fully saturated rings. The second-order valence-electron chi connectivity index (χ2n) is 7.86. The predicted molar refractivity (Wildman–Crippen MR) is 105 cm³/mol. The first-order chi connectivity index (χ1) is 13.6. The molecule has 2 aromatic carbocycles. The summed E-state index contributed by atoms with van der Waals surface area (Å²) < 4.78 is 0. The van der Waals surface area contributed by atoms with Crippen LogP contribution >= 0.6 is 0 Å². The molecule has 0 aromatic heterocycles. The van der Waals surface area contributed by atoms with Crippen molar-refractivity contribution in [3.05, 3.63) is 53.6 Å². The quantitative estimate of drug-likeness (QED) is 0.691. The Balaban J connectivity index is 1.29. The van der Waals surface area contributed by atoms with E-state index in [2.05, 4.69) is 22.8 Å². The molecule has 1 saturated carbocycles. The minimum Gasteiger partial charge on any atom is -0.325 e. The number of rotatable bonds is 3. The summed E-state index contributed by atoms with van der Waals surface area (Å²) in [4.78, 5) is 38.4. The maximum atomic E-state index is 12.7. The molecule has 0 radical (unpaired) electrons. The second-order valence-corrected chi connectivity index (χ2v) is 7.86. The molecule has 3 aliphatic rings. The fourth-order valence-electron chi connectivity index (χ4n) is 4.70. The van der Waals surface area contributed by atoms with Gasteiger partial charge in [0, 0.05) is 5.69 Å². The number of hydrogen-bond donors (Lipinski definition) is 2. The highest BCUT2D eigenvalue weighted by Gasteiger charge is 2.52. The molecule has 1 saturated heterocycles. The SMILES string of the molecule is O=C(CN1C(=O)NC2(CCCC2)C1=O)Nc1ccc2c(c1)Cc1ccccc1-2. The van der Waals surface area contributed by atoms with Gasteiger partial charge >= 0.3 is 6.03 Å². The van der Waals surface area contributed by atoms with Crippen LogP contribution in [0.2, 0.25) is 0 Å². The fraction of sp³-hybridized carbons (Fsp3) is 0.318. The molecule has 1 aliphatic heterocycles. The van der Waals surface area contributed by atoms with Crippen molar-refractivity contribution < 1.29 is 14.4 Å². The summed E-state index contributed by atoms with van der Waals surface area (Å²) in [7, 11) is 0. The number of nitrogens with zero attached hydrogens (tertiary/aromatic N) is 1. The lowest BCUT2D eigenvalue weighted by molar-refractivity contribution is -0.133. The number of fused-ring (bicyclic) bond motifs is 3. The normalized spacial score (nSPS) is 18.9. The number of amides is 4. The topological polar surface area (TPSA) is 78.5 Å². The van der Waals surface area contributed by atoms with E-state index < -0.39 is 11.6 Å². The van der Waals surface area contributed by atoms with E-state index >= 15 is 0 Å². The summed E-state index contributed by atoms with van der Waals surface area (Å²) in [5.41, 5.74) is 4.76. The van der Waals surface area contributed by atoms with Crippen LogP contribution in [0.5, 0.6) is 0 Å². The molecular formula is C22H21N3O3. The molecule has 0 atom stereocenters. The molecule has 6 nitrogen and oxygen atoms in total. The molecule has 4 amide bonds. The molecular weight excluding hydrogens is 354 g/mol. The van der Waals surface area contributed by atoms with Crippen molar-refractivity contribution >= 4 is 23.5 Å². The summed E-state index contributed by atoms with van der Waals surface area (Å²) in [6, 6.07) is 13.7. The second kappa shape index (κ2) is 6.19. The van der Waals surface area contributed by atoms with Crippen LogP contribution in [0.4, 0.5) is 10.5 Å². The lowest BCUT2D eigenvalue weighted by atomic mass is 9.98. The number of hydrogen-bond acceptors (Lipinski definition) is 3. The zero-order chi connectivity index (χ0) is 19.3. The lowest BCUT2D eigenvalue weighted by Crippen LogP contribution is -2.44. The highest BCUT2D eigenvalue weighted by molar-refractivity contribution is 6.10. The van der Waals surface area contributed by atoms with Gasteiger partial charge in [0.1, 0.15) is 12.1 Å². The first kappa shape index (κ1) is 17.0. The number of nitrogens with one attached hydrogen (secondary N) is 2. The molecule has 6 heteroatoms. The van der Waals surface area contributed by atoms with E-state index in [1.165, 1.54) is 22.3 Å². The number of carbonyl (C=O) groups is 3. The average Bonchev–Trinajstić information content (AvgIpc) is 3.35.